The summed E-state index contributed by atoms with van der Waals surface area (Å²) in [7, 11) is 0. The summed E-state index contributed by atoms with van der Waals surface area (Å²) in [6.07, 6.45) is 1.67. The smallest absolute Gasteiger partial charge is 0.267 e. The molecule has 0 aliphatic carbocycles. The quantitative estimate of drug-likeness (QED) is 0.656. The normalized spacial score (nSPS) is 20.7. The third-order valence-corrected chi connectivity index (χ3v) is 4.27. The van der Waals surface area contributed by atoms with Crippen LogP contribution in [-0.4, -0.2) is 41.2 Å². The second kappa shape index (κ2) is 7.46. The third-order valence-electron chi connectivity index (χ3n) is 4.27. The van der Waals surface area contributed by atoms with Crippen LogP contribution in [0.2, 0.25) is 0 Å². The van der Waals surface area contributed by atoms with Crippen molar-refractivity contribution < 1.29 is 14.6 Å². The molecule has 2 atom stereocenters. The predicted molar refractivity (Wildman–Crippen MR) is 99.5 cm³/mol. The molecule has 3 rings (SSSR count). The van der Waals surface area contributed by atoms with E-state index in [4.69, 9.17) is 4.74 Å². The van der Waals surface area contributed by atoms with E-state index < -0.39 is 5.91 Å². The van der Waals surface area contributed by atoms with Crippen molar-refractivity contribution in [2.24, 2.45) is 0 Å². The minimum Gasteiger partial charge on any atom is -0.507 e. The summed E-state index contributed by atoms with van der Waals surface area (Å²) in [6, 6.07) is 12.4. The number of nitrogens with one attached hydrogen (secondary N) is 1. The fourth-order valence-electron chi connectivity index (χ4n) is 3.24. The van der Waals surface area contributed by atoms with Gasteiger partial charge in [-0.3, -0.25) is 4.79 Å². The molecule has 2 aromatic carbocycles. The molecule has 26 heavy (non-hydrogen) atoms. The Morgan fingerprint density at radius 1 is 1.23 bits per heavy atom. The lowest BCUT2D eigenvalue weighted by atomic mass is 10.1. The van der Waals surface area contributed by atoms with Crippen LogP contribution in [0.15, 0.2) is 48.2 Å². The van der Waals surface area contributed by atoms with Crippen LogP contribution in [0, 0.1) is 11.3 Å². The number of carbonyl (C=O) groups is 1. The van der Waals surface area contributed by atoms with E-state index in [0.29, 0.717) is 29.5 Å². The first kappa shape index (κ1) is 17.8. The van der Waals surface area contributed by atoms with E-state index >= 15 is 0 Å². The standard InChI is InChI=1S/C20H21N3O3/c1-13-10-23(11-14(2)26-13)12-15(9-21)20(25)22-18-7-3-6-17-16(18)5-4-8-19(17)24/h3-8,12-14,24H,10-11H2,1-2H3,(H,22,25)/b15-12-. The summed E-state index contributed by atoms with van der Waals surface area (Å²) < 4.78 is 5.67. The number of fused-ring (bicyclic) bond motifs is 1. The van der Waals surface area contributed by atoms with Crippen LogP contribution in [0.4, 0.5) is 5.69 Å². The second-order valence-corrected chi connectivity index (χ2v) is 6.50. The van der Waals surface area contributed by atoms with Gasteiger partial charge in [0.2, 0.25) is 0 Å². The van der Waals surface area contributed by atoms with Gasteiger partial charge in [0.15, 0.2) is 0 Å². The lowest BCUT2D eigenvalue weighted by molar-refractivity contribution is -0.112. The number of phenolic OH excluding ortho intramolecular Hbond substituents is 1. The minimum absolute atomic E-state index is 0.0310. The topological polar surface area (TPSA) is 85.6 Å². The van der Waals surface area contributed by atoms with E-state index in [9.17, 15) is 15.2 Å². The molecule has 2 unspecified atom stereocenters. The summed E-state index contributed by atoms with van der Waals surface area (Å²) in [4.78, 5) is 14.5. The van der Waals surface area contributed by atoms with Gasteiger partial charge in [0.1, 0.15) is 17.4 Å². The first-order valence-electron chi connectivity index (χ1n) is 8.51. The van der Waals surface area contributed by atoms with Crippen molar-refractivity contribution in [2.75, 3.05) is 18.4 Å². The average molecular weight is 351 g/mol. The van der Waals surface area contributed by atoms with Gasteiger partial charge < -0.3 is 20.1 Å². The molecule has 0 aromatic heterocycles. The van der Waals surface area contributed by atoms with Gasteiger partial charge in [0.25, 0.3) is 5.91 Å². The predicted octanol–water partition coefficient (Wildman–Crippen LogP) is 3.00. The molecule has 2 N–H and O–H groups in total. The van der Waals surface area contributed by atoms with E-state index in [1.54, 1.807) is 36.5 Å². The molecule has 2 aromatic rings. The molecular weight excluding hydrogens is 330 g/mol. The largest absolute Gasteiger partial charge is 0.507 e. The number of amides is 1. The Balaban J connectivity index is 1.84. The zero-order valence-corrected chi connectivity index (χ0v) is 14.8. The highest BCUT2D eigenvalue weighted by atomic mass is 16.5. The van der Waals surface area contributed by atoms with Crippen LogP contribution in [0.3, 0.4) is 0 Å². The number of phenols is 1. The van der Waals surface area contributed by atoms with E-state index in [1.165, 1.54) is 0 Å². The van der Waals surface area contributed by atoms with Gasteiger partial charge in [0, 0.05) is 35.7 Å². The highest BCUT2D eigenvalue weighted by Crippen LogP contribution is 2.30. The van der Waals surface area contributed by atoms with Crippen LogP contribution in [-0.2, 0) is 9.53 Å². The number of nitrogens with zero attached hydrogens (tertiary/aromatic N) is 2. The maximum absolute atomic E-state index is 12.6. The summed E-state index contributed by atoms with van der Waals surface area (Å²) in [5, 5.41) is 23.5. The zero-order chi connectivity index (χ0) is 18.7. The van der Waals surface area contributed by atoms with Gasteiger partial charge in [0.05, 0.1) is 12.2 Å². The number of rotatable bonds is 3. The van der Waals surface area contributed by atoms with Crippen LogP contribution in [0.1, 0.15) is 13.8 Å². The molecule has 1 saturated heterocycles. The fraction of sp³-hybridized carbons (Fsp3) is 0.300. The Hall–Kier alpha value is -3.04. The van der Waals surface area contributed by atoms with Gasteiger partial charge in [-0.1, -0.05) is 24.3 Å². The van der Waals surface area contributed by atoms with Crippen molar-refractivity contribution in [3.8, 4) is 11.8 Å². The highest BCUT2D eigenvalue weighted by molar-refractivity contribution is 6.11. The number of hydrogen-bond acceptors (Lipinski definition) is 5. The third kappa shape index (κ3) is 3.79. The molecule has 134 valence electrons. The minimum atomic E-state index is -0.477. The SMILES string of the molecule is CC1CN(/C=C(/C#N)C(=O)Nc2cccc3c(O)cccc23)CC(C)O1. The first-order chi connectivity index (χ1) is 12.5. The Labute approximate surface area is 152 Å². The van der Waals surface area contributed by atoms with Crippen LogP contribution in [0.25, 0.3) is 10.8 Å². The number of morpholine rings is 1. The Morgan fingerprint density at radius 2 is 1.88 bits per heavy atom. The van der Waals surface area contributed by atoms with Gasteiger partial charge in [-0.15, -0.1) is 0 Å². The first-order valence-corrected chi connectivity index (χ1v) is 8.51. The van der Waals surface area contributed by atoms with Crippen molar-refractivity contribution in [3.05, 3.63) is 48.2 Å². The van der Waals surface area contributed by atoms with E-state index in [2.05, 4.69) is 5.32 Å². The van der Waals surface area contributed by atoms with E-state index in [1.807, 2.05) is 30.9 Å². The van der Waals surface area contributed by atoms with Crippen LogP contribution >= 0.6 is 0 Å². The number of carbonyl (C=O) groups excluding carboxylic acids is 1. The monoisotopic (exact) mass is 351 g/mol. The zero-order valence-electron chi connectivity index (χ0n) is 14.8. The van der Waals surface area contributed by atoms with Crippen LogP contribution < -0.4 is 5.32 Å². The lowest BCUT2D eigenvalue weighted by Gasteiger charge is -2.34. The van der Waals surface area contributed by atoms with E-state index in [-0.39, 0.29) is 23.5 Å². The number of anilines is 1. The molecule has 1 amide bonds. The molecule has 0 saturated carbocycles. The van der Waals surface area contributed by atoms with Gasteiger partial charge in [-0.25, -0.2) is 0 Å². The summed E-state index contributed by atoms with van der Waals surface area (Å²) >= 11 is 0. The number of aromatic hydroxyl groups is 1. The molecular formula is C20H21N3O3. The van der Waals surface area contributed by atoms with Crippen molar-refractivity contribution in [1.29, 1.82) is 5.26 Å². The fourth-order valence-corrected chi connectivity index (χ4v) is 3.24. The number of nitriles is 1. The van der Waals surface area contributed by atoms with Gasteiger partial charge in [-0.2, -0.15) is 5.26 Å². The molecule has 1 heterocycles. The average Bonchev–Trinajstić information content (AvgIpc) is 2.59. The molecule has 1 aliphatic heterocycles. The van der Waals surface area contributed by atoms with E-state index in [0.717, 1.165) is 0 Å². The number of benzene rings is 2. The lowest BCUT2D eigenvalue weighted by Crippen LogP contribution is -2.43. The maximum Gasteiger partial charge on any atom is 0.267 e. The van der Waals surface area contributed by atoms with Crippen molar-refractivity contribution >= 4 is 22.4 Å². The molecule has 1 fully saturated rings. The van der Waals surface area contributed by atoms with Crippen LogP contribution in [0.5, 0.6) is 5.75 Å². The second-order valence-electron chi connectivity index (χ2n) is 6.50. The summed E-state index contributed by atoms with van der Waals surface area (Å²) in [5.74, 6) is -0.332. The molecule has 0 bridgehead atoms. The van der Waals surface area contributed by atoms with Crippen molar-refractivity contribution in [2.45, 2.75) is 26.1 Å². The molecule has 1 aliphatic rings. The Bertz CT molecular complexity index is 891. The van der Waals surface area contributed by atoms with Gasteiger partial charge in [-0.05, 0) is 26.0 Å². The maximum atomic E-state index is 12.6. The Kier molecular flexibility index (Phi) is 5.10. The molecule has 6 heteroatoms. The van der Waals surface area contributed by atoms with Crippen molar-refractivity contribution in [3.63, 3.8) is 0 Å². The molecule has 0 radical (unpaired) electrons. The summed E-state index contributed by atoms with van der Waals surface area (Å²) in [6.45, 7) is 5.19. The number of ether oxygens (including phenoxy) is 1. The molecule has 0 spiro atoms. The van der Waals surface area contributed by atoms with Crippen molar-refractivity contribution in [1.82, 2.24) is 4.90 Å². The molecule has 6 nitrogen and oxygen atoms in total. The van der Waals surface area contributed by atoms with Gasteiger partial charge >= 0.3 is 0 Å². The highest BCUT2D eigenvalue weighted by Gasteiger charge is 2.22. The summed E-state index contributed by atoms with van der Waals surface area (Å²) in [5.41, 5.74) is 0.580. The number of hydrogen-bond donors (Lipinski definition) is 2. The Morgan fingerprint density at radius 3 is 2.58 bits per heavy atom.